The van der Waals surface area contributed by atoms with Crippen molar-refractivity contribution < 1.29 is 0 Å². The Morgan fingerprint density at radius 2 is 2.25 bits per heavy atom. The minimum atomic E-state index is 0.719. The van der Waals surface area contributed by atoms with Crippen LogP contribution in [0.1, 0.15) is 5.69 Å². The molecule has 0 saturated carbocycles. The minimum Gasteiger partial charge on any atom is -0.398 e. The number of anilines is 1. The average Bonchev–Trinajstić information content (AvgIpc) is 2.61. The SMILES string of the molecule is [CH2]C#Cc1cc2c(N)cccc2n1CC=C. The smallest absolute Gasteiger partial charge is 0.0934 e. The Kier molecular flexibility index (Phi) is 2.70. The van der Waals surface area contributed by atoms with Crippen LogP contribution >= 0.6 is 0 Å². The van der Waals surface area contributed by atoms with E-state index in [1.807, 2.05) is 30.3 Å². The molecule has 1 aromatic carbocycles. The highest BCUT2D eigenvalue weighted by molar-refractivity contribution is 5.92. The first-order valence-corrected chi connectivity index (χ1v) is 5.04. The summed E-state index contributed by atoms with van der Waals surface area (Å²) in [7, 11) is 0. The van der Waals surface area contributed by atoms with Gasteiger partial charge in [-0.2, -0.15) is 0 Å². The first-order valence-electron chi connectivity index (χ1n) is 5.04. The molecule has 0 aliphatic rings. The molecular formula is C14H13N2. The third kappa shape index (κ3) is 1.57. The highest BCUT2D eigenvalue weighted by Gasteiger charge is 2.07. The van der Waals surface area contributed by atoms with Gasteiger partial charge in [-0.3, -0.25) is 0 Å². The third-order valence-electron chi connectivity index (χ3n) is 2.51. The molecule has 2 rings (SSSR count). The lowest BCUT2D eigenvalue weighted by atomic mass is 10.2. The first kappa shape index (κ1) is 10.4. The molecule has 2 nitrogen and oxygen atoms in total. The van der Waals surface area contributed by atoms with Gasteiger partial charge in [0.05, 0.1) is 11.2 Å². The zero-order valence-electron chi connectivity index (χ0n) is 9.03. The van der Waals surface area contributed by atoms with Crippen molar-refractivity contribution in [3.05, 3.63) is 49.5 Å². The molecule has 2 N–H and O–H groups in total. The largest absolute Gasteiger partial charge is 0.398 e. The van der Waals surface area contributed by atoms with Crippen LogP contribution in [0.25, 0.3) is 10.9 Å². The van der Waals surface area contributed by atoms with Crippen LogP contribution in [0.15, 0.2) is 36.9 Å². The monoisotopic (exact) mass is 209 g/mol. The molecule has 0 aliphatic carbocycles. The number of benzene rings is 1. The number of hydrogen-bond acceptors (Lipinski definition) is 1. The van der Waals surface area contributed by atoms with Crippen LogP contribution < -0.4 is 5.73 Å². The van der Waals surface area contributed by atoms with E-state index in [4.69, 9.17) is 5.73 Å². The molecule has 1 radical (unpaired) electrons. The van der Waals surface area contributed by atoms with Crippen LogP contribution in [-0.2, 0) is 6.54 Å². The van der Waals surface area contributed by atoms with Crippen LogP contribution in [0.5, 0.6) is 0 Å². The Bertz CT molecular complexity index is 594. The van der Waals surface area contributed by atoms with Gasteiger partial charge in [0, 0.05) is 24.5 Å². The van der Waals surface area contributed by atoms with Crippen molar-refractivity contribution in [1.29, 1.82) is 0 Å². The number of fused-ring (bicyclic) bond motifs is 1. The van der Waals surface area contributed by atoms with Crippen LogP contribution in [0.4, 0.5) is 5.69 Å². The van der Waals surface area contributed by atoms with Gasteiger partial charge in [0.15, 0.2) is 0 Å². The fraction of sp³-hybridized carbons (Fsp3) is 0.0714. The fourth-order valence-electron chi connectivity index (χ4n) is 1.83. The van der Waals surface area contributed by atoms with Gasteiger partial charge in [0.1, 0.15) is 0 Å². The highest BCUT2D eigenvalue weighted by atomic mass is 15.0. The Morgan fingerprint density at radius 1 is 1.44 bits per heavy atom. The molecule has 0 fully saturated rings. The Hall–Kier alpha value is -2.14. The maximum Gasteiger partial charge on any atom is 0.0934 e. The van der Waals surface area contributed by atoms with Crippen LogP contribution in [0, 0.1) is 18.8 Å². The molecule has 79 valence electrons. The molecule has 0 amide bonds. The van der Waals surface area contributed by atoms with Crippen molar-refractivity contribution in [3.63, 3.8) is 0 Å². The number of aromatic nitrogens is 1. The number of nitrogens with two attached hydrogens (primary N) is 1. The van der Waals surface area contributed by atoms with Crippen molar-refractivity contribution in [1.82, 2.24) is 4.57 Å². The second-order valence-electron chi connectivity index (χ2n) is 3.51. The summed E-state index contributed by atoms with van der Waals surface area (Å²) in [6.45, 7) is 8.01. The number of nitrogens with zero attached hydrogens (tertiary/aromatic N) is 1. The Balaban J connectivity index is 2.78. The maximum absolute atomic E-state index is 5.93. The van der Waals surface area contributed by atoms with Crippen molar-refractivity contribution >= 4 is 16.6 Å². The number of hydrogen-bond donors (Lipinski definition) is 1. The van der Waals surface area contributed by atoms with E-state index in [1.165, 1.54) is 0 Å². The van der Waals surface area contributed by atoms with Crippen LogP contribution in [0.3, 0.4) is 0 Å². The van der Waals surface area contributed by atoms with E-state index in [0.717, 1.165) is 28.8 Å². The van der Waals surface area contributed by atoms with Gasteiger partial charge >= 0.3 is 0 Å². The van der Waals surface area contributed by atoms with Crippen molar-refractivity contribution in [2.24, 2.45) is 0 Å². The van der Waals surface area contributed by atoms with Gasteiger partial charge in [0.25, 0.3) is 0 Å². The van der Waals surface area contributed by atoms with Gasteiger partial charge in [-0.05, 0) is 24.1 Å². The summed E-state index contributed by atoms with van der Waals surface area (Å²) in [6, 6.07) is 7.86. The summed E-state index contributed by atoms with van der Waals surface area (Å²) in [6.07, 6.45) is 1.84. The fourth-order valence-corrected chi connectivity index (χ4v) is 1.83. The number of allylic oxidation sites excluding steroid dienone is 1. The summed E-state index contributed by atoms with van der Waals surface area (Å²) in [4.78, 5) is 0. The van der Waals surface area contributed by atoms with Gasteiger partial charge in [-0.15, -0.1) is 6.58 Å². The molecular weight excluding hydrogens is 196 g/mol. The van der Waals surface area contributed by atoms with E-state index in [0.29, 0.717) is 0 Å². The molecule has 1 aromatic heterocycles. The lowest BCUT2D eigenvalue weighted by molar-refractivity contribution is 0.852. The highest BCUT2D eigenvalue weighted by Crippen LogP contribution is 2.24. The first-order chi connectivity index (χ1) is 7.77. The number of nitrogen functional groups attached to an aromatic ring is 1. The molecule has 0 unspecified atom stereocenters. The van der Waals surface area contributed by atoms with E-state index >= 15 is 0 Å². The average molecular weight is 209 g/mol. The summed E-state index contributed by atoms with van der Waals surface area (Å²) < 4.78 is 2.08. The van der Waals surface area contributed by atoms with Crippen molar-refractivity contribution in [3.8, 4) is 11.8 Å². The second kappa shape index (κ2) is 4.16. The summed E-state index contributed by atoms with van der Waals surface area (Å²) >= 11 is 0. The van der Waals surface area contributed by atoms with Crippen LogP contribution in [-0.4, -0.2) is 4.57 Å². The third-order valence-corrected chi connectivity index (χ3v) is 2.51. The van der Waals surface area contributed by atoms with E-state index in [9.17, 15) is 0 Å². The minimum absolute atomic E-state index is 0.719. The van der Waals surface area contributed by atoms with Crippen LogP contribution in [0.2, 0.25) is 0 Å². The topological polar surface area (TPSA) is 30.9 Å². The zero-order chi connectivity index (χ0) is 11.5. The quantitative estimate of drug-likeness (QED) is 0.460. The molecule has 0 spiro atoms. The molecule has 16 heavy (non-hydrogen) atoms. The molecule has 0 bridgehead atoms. The van der Waals surface area contributed by atoms with E-state index in [-0.39, 0.29) is 0 Å². The standard InChI is InChI=1S/C14H13N2/c1-3-6-11-10-12-13(15)7-5-8-14(12)16(11)9-4-2/h4-5,7-8,10H,1-2,9,15H2. The zero-order valence-corrected chi connectivity index (χ0v) is 9.03. The molecule has 2 aromatic rings. The summed E-state index contributed by atoms with van der Waals surface area (Å²) in [5.41, 5.74) is 8.70. The van der Waals surface area contributed by atoms with E-state index in [1.54, 1.807) is 0 Å². The predicted octanol–water partition coefficient (Wildman–Crippen LogP) is 2.60. The lowest BCUT2D eigenvalue weighted by Gasteiger charge is -2.03. The normalized spacial score (nSPS) is 9.81. The van der Waals surface area contributed by atoms with E-state index in [2.05, 4.69) is 29.9 Å². The number of rotatable bonds is 2. The van der Waals surface area contributed by atoms with Gasteiger partial charge in [0.2, 0.25) is 0 Å². The Labute approximate surface area is 95.4 Å². The molecule has 1 heterocycles. The van der Waals surface area contributed by atoms with Crippen molar-refractivity contribution in [2.45, 2.75) is 6.54 Å². The lowest BCUT2D eigenvalue weighted by Crippen LogP contribution is -1.97. The molecule has 0 aliphatic heterocycles. The summed E-state index contributed by atoms with van der Waals surface area (Å²) in [5.74, 6) is 5.64. The second-order valence-corrected chi connectivity index (χ2v) is 3.51. The van der Waals surface area contributed by atoms with E-state index < -0.39 is 0 Å². The van der Waals surface area contributed by atoms with Gasteiger partial charge in [-0.25, -0.2) is 0 Å². The summed E-state index contributed by atoms with van der Waals surface area (Å²) in [5, 5.41) is 1.03. The molecule has 0 saturated heterocycles. The Morgan fingerprint density at radius 3 is 2.94 bits per heavy atom. The van der Waals surface area contributed by atoms with Gasteiger partial charge < -0.3 is 10.3 Å². The maximum atomic E-state index is 5.93. The molecule has 2 heteroatoms. The predicted molar refractivity (Wildman–Crippen MR) is 68.8 cm³/mol. The van der Waals surface area contributed by atoms with Gasteiger partial charge in [-0.1, -0.05) is 18.1 Å². The molecule has 0 atom stereocenters. The van der Waals surface area contributed by atoms with Crippen molar-refractivity contribution in [2.75, 3.05) is 5.73 Å².